The van der Waals surface area contributed by atoms with Crippen molar-refractivity contribution in [3.05, 3.63) is 11.5 Å². The zero-order valence-corrected chi connectivity index (χ0v) is 8.98. The summed E-state index contributed by atoms with van der Waals surface area (Å²) in [5.74, 6) is 0.631. The van der Waals surface area contributed by atoms with Crippen LogP contribution in [0.2, 0.25) is 5.15 Å². The van der Waals surface area contributed by atoms with Crippen molar-refractivity contribution in [3.8, 4) is 0 Å². The maximum absolute atomic E-state index is 9.20. The van der Waals surface area contributed by atoms with Crippen LogP contribution in [0.25, 0.3) is 0 Å². The molecular formula is C9H13ClN4O. The predicted molar refractivity (Wildman–Crippen MR) is 58.9 cm³/mol. The normalized spacial score (nSPS) is 20.9. The summed E-state index contributed by atoms with van der Waals surface area (Å²) in [6, 6.07) is 0.0956. The Morgan fingerprint density at radius 3 is 3.13 bits per heavy atom. The van der Waals surface area contributed by atoms with Crippen LogP contribution in [0.3, 0.4) is 0 Å². The van der Waals surface area contributed by atoms with E-state index in [1.807, 2.05) is 4.90 Å². The highest BCUT2D eigenvalue weighted by Crippen LogP contribution is 2.30. The first-order chi connectivity index (χ1) is 7.24. The standard InChI is InChI=1S/C9H13ClN4O/c10-8-7(11)9(13-5-12-8)14-3-1-2-6(14)4-15/h5-6,15H,1-4,11H2. The molecule has 0 bridgehead atoms. The second kappa shape index (κ2) is 4.20. The Balaban J connectivity index is 2.32. The largest absolute Gasteiger partial charge is 0.394 e. The maximum Gasteiger partial charge on any atom is 0.157 e. The van der Waals surface area contributed by atoms with Gasteiger partial charge in [-0.05, 0) is 12.8 Å². The number of halogens is 1. The summed E-state index contributed by atoms with van der Waals surface area (Å²) >= 11 is 5.82. The van der Waals surface area contributed by atoms with E-state index in [1.54, 1.807) is 0 Å². The third-order valence-electron chi connectivity index (χ3n) is 2.67. The number of nitrogens with two attached hydrogens (primary N) is 1. The van der Waals surface area contributed by atoms with E-state index in [2.05, 4.69) is 9.97 Å². The number of nitrogen functional groups attached to an aromatic ring is 1. The number of aliphatic hydroxyl groups is 1. The molecule has 1 aliphatic rings. The molecular weight excluding hydrogens is 216 g/mol. The smallest absolute Gasteiger partial charge is 0.157 e. The molecule has 1 atom stereocenters. The molecule has 15 heavy (non-hydrogen) atoms. The monoisotopic (exact) mass is 228 g/mol. The van der Waals surface area contributed by atoms with E-state index in [9.17, 15) is 5.11 Å². The molecule has 5 nitrogen and oxygen atoms in total. The van der Waals surface area contributed by atoms with Gasteiger partial charge < -0.3 is 15.7 Å². The van der Waals surface area contributed by atoms with Crippen LogP contribution in [-0.2, 0) is 0 Å². The van der Waals surface area contributed by atoms with E-state index < -0.39 is 0 Å². The highest BCUT2D eigenvalue weighted by molar-refractivity contribution is 6.32. The summed E-state index contributed by atoms with van der Waals surface area (Å²) in [6.45, 7) is 0.962. The van der Waals surface area contributed by atoms with Gasteiger partial charge in [0.25, 0.3) is 0 Å². The third kappa shape index (κ3) is 1.85. The summed E-state index contributed by atoms with van der Waals surface area (Å²) in [7, 11) is 0. The molecule has 0 saturated carbocycles. The zero-order valence-electron chi connectivity index (χ0n) is 8.23. The molecule has 0 aliphatic carbocycles. The predicted octanol–water partition coefficient (Wildman–Crippen LogP) is 0.673. The number of aromatic nitrogens is 2. The molecule has 1 aromatic heterocycles. The molecule has 1 aliphatic heterocycles. The lowest BCUT2D eigenvalue weighted by Gasteiger charge is -2.25. The van der Waals surface area contributed by atoms with Crippen molar-refractivity contribution in [2.24, 2.45) is 0 Å². The van der Waals surface area contributed by atoms with E-state index in [-0.39, 0.29) is 17.8 Å². The fourth-order valence-corrected chi connectivity index (χ4v) is 2.03. The van der Waals surface area contributed by atoms with Crippen LogP contribution in [0.1, 0.15) is 12.8 Å². The van der Waals surface area contributed by atoms with E-state index in [0.29, 0.717) is 11.5 Å². The summed E-state index contributed by atoms with van der Waals surface area (Å²) < 4.78 is 0. The summed E-state index contributed by atoms with van der Waals surface area (Å²) in [5, 5.41) is 9.47. The van der Waals surface area contributed by atoms with Gasteiger partial charge in [-0.15, -0.1) is 0 Å². The first-order valence-electron chi connectivity index (χ1n) is 4.87. The van der Waals surface area contributed by atoms with Crippen LogP contribution in [-0.4, -0.2) is 34.3 Å². The lowest BCUT2D eigenvalue weighted by molar-refractivity contribution is 0.266. The minimum atomic E-state index is 0.0956. The summed E-state index contributed by atoms with van der Waals surface area (Å²) in [6.07, 6.45) is 3.38. The van der Waals surface area contributed by atoms with Gasteiger partial charge in [-0.2, -0.15) is 0 Å². The molecule has 1 aromatic rings. The average Bonchev–Trinajstić information content (AvgIpc) is 2.70. The van der Waals surface area contributed by atoms with Gasteiger partial charge in [0, 0.05) is 6.54 Å². The molecule has 0 aromatic carbocycles. The van der Waals surface area contributed by atoms with Crippen molar-refractivity contribution in [1.82, 2.24) is 9.97 Å². The molecule has 0 amide bonds. The molecule has 82 valence electrons. The van der Waals surface area contributed by atoms with Crippen LogP contribution in [0.15, 0.2) is 6.33 Å². The molecule has 0 radical (unpaired) electrons. The van der Waals surface area contributed by atoms with Crippen molar-refractivity contribution < 1.29 is 5.11 Å². The Hall–Kier alpha value is -1.07. The lowest BCUT2D eigenvalue weighted by atomic mass is 10.2. The molecule has 1 fully saturated rings. The Labute approximate surface area is 92.9 Å². The van der Waals surface area contributed by atoms with E-state index >= 15 is 0 Å². The van der Waals surface area contributed by atoms with Crippen molar-refractivity contribution >= 4 is 23.1 Å². The summed E-state index contributed by atoms with van der Waals surface area (Å²) in [4.78, 5) is 9.90. The highest BCUT2D eigenvalue weighted by Gasteiger charge is 2.27. The third-order valence-corrected chi connectivity index (χ3v) is 2.98. The second-order valence-corrected chi connectivity index (χ2v) is 3.93. The van der Waals surface area contributed by atoms with E-state index in [4.69, 9.17) is 17.3 Å². The first kappa shape index (κ1) is 10.4. The number of nitrogens with zero attached hydrogens (tertiary/aromatic N) is 3. The first-order valence-corrected chi connectivity index (χ1v) is 5.25. The van der Waals surface area contributed by atoms with Gasteiger partial charge in [-0.1, -0.05) is 11.6 Å². The number of aliphatic hydroxyl groups excluding tert-OH is 1. The number of rotatable bonds is 2. The maximum atomic E-state index is 9.20. The number of hydrogen-bond acceptors (Lipinski definition) is 5. The molecule has 2 rings (SSSR count). The molecule has 0 spiro atoms. The van der Waals surface area contributed by atoms with Crippen molar-refractivity contribution in [2.75, 3.05) is 23.8 Å². The minimum Gasteiger partial charge on any atom is -0.394 e. The Kier molecular flexibility index (Phi) is 2.93. The lowest BCUT2D eigenvalue weighted by Crippen LogP contribution is -2.33. The van der Waals surface area contributed by atoms with Gasteiger partial charge in [0.1, 0.15) is 12.0 Å². The fraction of sp³-hybridized carbons (Fsp3) is 0.556. The Morgan fingerprint density at radius 1 is 1.60 bits per heavy atom. The fourth-order valence-electron chi connectivity index (χ4n) is 1.90. The molecule has 2 heterocycles. The quantitative estimate of drug-likeness (QED) is 0.728. The Morgan fingerprint density at radius 2 is 2.40 bits per heavy atom. The second-order valence-electron chi connectivity index (χ2n) is 3.57. The molecule has 1 saturated heterocycles. The van der Waals surface area contributed by atoms with Gasteiger partial charge in [-0.3, -0.25) is 0 Å². The highest BCUT2D eigenvalue weighted by atomic mass is 35.5. The van der Waals surface area contributed by atoms with Gasteiger partial charge in [-0.25, -0.2) is 9.97 Å². The number of hydrogen-bond donors (Lipinski definition) is 2. The topological polar surface area (TPSA) is 75.3 Å². The average molecular weight is 229 g/mol. The van der Waals surface area contributed by atoms with Crippen LogP contribution in [0.5, 0.6) is 0 Å². The summed E-state index contributed by atoms with van der Waals surface area (Å²) in [5.41, 5.74) is 6.19. The van der Waals surface area contributed by atoms with E-state index in [0.717, 1.165) is 19.4 Å². The molecule has 3 N–H and O–H groups in total. The van der Waals surface area contributed by atoms with Gasteiger partial charge in [0.05, 0.1) is 12.6 Å². The van der Waals surface area contributed by atoms with Gasteiger partial charge in [0.15, 0.2) is 11.0 Å². The van der Waals surface area contributed by atoms with Crippen LogP contribution in [0, 0.1) is 0 Å². The van der Waals surface area contributed by atoms with Crippen LogP contribution >= 0.6 is 11.6 Å². The minimum absolute atomic E-state index is 0.0956. The van der Waals surface area contributed by atoms with Crippen molar-refractivity contribution in [2.45, 2.75) is 18.9 Å². The van der Waals surface area contributed by atoms with E-state index in [1.165, 1.54) is 6.33 Å². The number of anilines is 2. The van der Waals surface area contributed by atoms with Crippen LogP contribution < -0.4 is 10.6 Å². The molecule has 1 unspecified atom stereocenters. The van der Waals surface area contributed by atoms with Crippen molar-refractivity contribution in [3.63, 3.8) is 0 Å². The zero-order chi connectivity index (χ0) is 10.8. The van der Waals surface area contributed by atoms with Crippen LogP contribution in [0.4, 0.5) is 11.5 Å². The van der Waals surface area contributed by atoms with Gasteiger partial charge in [0.2, 0.25) is 0 Å². The Bertz CT molecular complexity index is 360. The van der Waals surface area contributed by atoms with Gasteiger partial charge >= 0.3 is 0 Å². The molecule has 6 heteroatoms. The SMILES string of the molecule is Nc1c(Cl)ncnc1N1CCCC1CO. The van der Waals surface area contributed by atoms with Crippen molar-refractivity contribution in [1.29, 1.82) is 0 Å².